The van der Waals surface area contributed by atoms with Crippen LogP contribution in [0.15, 0.2) is 48.8 Å². The second-order valence-electron chi connectivity index (χ2n) is 2.67. The van der Waals surface area contributed by atoms with Crippen LogP contribution < -0.4 is 0 Å². The van der Waals surface area contributed by atoms with E-state index in [1.165, 1.54) is 19.3 Å². The van der Waals surface area contributed by atoms with Crippen molar-refractivity contribution in [3.8, 4) is 0 Å². The van der Waals surface area contributed by atoms with E-state index in [1.807, 2.05) is 24.5 Å². The molecule has 2 rings (SSSR count). The van der Waals surface area contributed by atoms with E-state index in [4.69, 9.17) is 0 Å². The van der Waals surface area contributed by atoms with Crippen molar-refractivity contribution in [3.05, 3.63) is 48.8 Å². The lowest BCUT2D eigenvalue weighted by Crippen LogP contribution is -1.62. The van der Waals surface area contributed by atoms with Gasteiger partial charge in [-0.15, -0.1) is 0 Å². The SMILES string of the molecule is C1=CCCCC=C1.c1cc[nH]c1. The number of aromatic nitrogens is 1. The number of allylic oxidation sites excluding steroid dienone is 4. The molecule has 1 nitrogen and oxygen atoms in total. The fourth-order valence-electron chi connectivity index (χ4n) is 0.981. The summed E-state index contributed by atoms with van der Waals surface area (Å²) in [6, 6.07) is 3.89. The van der Waals surface area contributed by atoms with E-state index in [2.05, 4.69) is 29.3 Å². The Hall–Kier alpha value is -1.24. The largest absolute Gasteiger partial charge is 0.368 e. The summed E-state index contributed by atoms with van der Waals surface area (Å²) in [6.45, 7) is 0. The smallest absolute Gasteiger partial charge is 0.000496 e. The van der Waals surface area contributed by atoms with Crippen molar-refractivity contribution in [1.82, 2.24) is 4.98 Å². The maximum Gasteiger partial charge on any atom is 0.000496 e. The van der Waals surface area contributed by atoms with E-state index < -0.39 is 0 Å². The van der Waals surface area contributed by atoms with E-state index in [-0.39, 0.29) is 0 Å². The van der Waals surface area contributed by atoms with Crippen molar-refractivity contribution in [3.63, 3.8) is 0 Å². The summed E-state index contributed by atoms with van der Waals surface area (Å²) in [4.78, 5) is 2.86. The van der Waals surface area contributed by atoms with Crippen LogP contribution >= 0.6 is 0 Å². The van der Waals surface area contributed by atoms with Crippen molar-refractivity contribution >= 4 is 0 Å². The molecule has 0 amide bonds. The normalized spacial score (nSPS) is 14.7. The second kappa shape index (κ2) is 6.47. The first-order chi connectivity index (χ1) is 6.00. The third kappa shape index (κ3) is 4.56. The Morgan fingerprint density at radius 1 is 0.833 bits per heavy atom. The molecule has 0 atom stereocenters. The highest BCUT2D eigenvalue weighted by atomic mass is 14.6. The molecular weight excluding hydrogens is 146 g/mol. The zero-order chi connectivity index (χ0) is 8.49. The van der Waals surface area contributed by atoms with Gasteiger partial charge in [0.05, 0.1) is 0 Å². The van der Waals surface area contributed by atoms with E-state index >= 15 is 0 Å². The molecule has 0 bridgehead atoms. The van der Waals surface area contributed by atoms with E-state index in [9.17, 15) is 0 Å². The summed E-state index contributed by atoms with van der Waals surface area (Å²) in [7, 11) is 0. The quantitative estimate of drug-likeness (QED) is 0.601. The molecule has 0 aromatic carbocycles. The lowest BCUT2D eigenvalue weighted by molar-refractivity contribution is 0.876. The second-order valence-corrected chi connectivity index (χ2v) is 2.67. The van der Waals surface area contributed by atoms with Crippen LogP contribution in [0.4, 0.5) is 0 Å². The molecular formula is C11H15N. The Bertz CT molecular complexity index is 190. The van der Waals surface area contributed by atoms with Crippen molar-refractivity contribution < 1.29 is 0 Å². The van der Waals surface area contributed by atoms with Gasteiger partial charge in [0.15, 0.2) is 0 Å². The van der Waals surface area contributed by atoms with Crippen LogP contribution in [0, 0.1) is 0 Å². The third-order valence-electron chi connectivity index (χ3n) is 1.62. The van der Waals surface area contributed by atoms with Crippen LogP contribution in [0.2, 0.25) is 0 Å². The van der Waals surface area contributed by atoms with Crippen molar-refractivity contribution in [2.45, 2.75) is 19.3 Å². The van der Waals surface area contributed by atoms with Crippen molar-refractivity contribution in [2.24, 2.45) is 0 Å². The third-order valence-corrected chi connectivity index (χ3v) is 1.62. The van der Waals surface area contributed by atoms with Crippen LogP contribution in [-0.4, -0.2) is 4.98 Å². The fraction of sp³-hybridized carbons (Fsp3) is 0.273. The molecule has 64 valence electrons. The van der Waals surface area contributed by atoms with Crippen molar-refractivity contribution in [2.75, 3.05) is 0 Å². The summed E-state index contributed by atoms with van der Waals surface area (Å²) in [5.74, 6) is 0. The summed E-state index contributed by atoms with van der Waals surface area (Å²) < 4.78 is 0. The van der Waals surface area contributed by atoms with Crippen LogP contribution in [0.1, 0.15) is 19.3 Å². The highest BCUT2D eigenvalue weighted by molar-refractivity contribution is 5.04. The first-order valence-electron chi connectivity index (χ1n) is 4.39. The van der Waals surface area contributed by atoms with Gasteiger partial charge in [0.2, 0.25) is 0 Å². The fourth-order valence-corrected chi connectivity index (χ4v) is 0.981. The first kappa shape index (κ1) is 8.85. The van der Waals surface area contributed by atoms with E-state index in [1.54, 1.807) is 0 Å². The zero-order valence-electron chi connectivity index (χ0n) is 7.24. The van der Waals surface area contributed by atoms with Gasteiger partial charge in [-0.25, -0.2) is 0 Å². The van der Waals surface area contributed by atoms with Gasteiger partial charge in [0, 0.05) is 12.4 Å². The Morgan fingerprint density at radius 2 is 1.42 bits per heavy atom. The maximum absolute atomic E-state index is 2.86. The van der Waals surface area contributed by atoms with Gasteiger partial charge in [-0.1, -0.05) is 24.3 Å². The van der Waals surface area contributed by atoms with Gasteiger partial charge < -0.3 is 4.98 Å². The number of H-pyrrole nitrogens is 1. The zero-order valence-corrected chi connectivity index (χ0v) is 7.24. The Balaban J connectivity index is 0.000000127. The molecule has 1 heteroatoms. The molecule has 1 N–H and O–H groups in total. The lowest BCUT2D eigenvalue weighted by Gasteiger charge is -1.81. The number of hydrogen-bond donors (Lipinski definition) is 1. The van der Waals surface area contributed by atoms with Gasteiger partial charge in [-0.3, -0.25) is 0 Å². The van der Waals surface area contributed by atoms with Crippen LogP contribution in [0.5, 0.6) is 0 Å². The van der Waals surface area contributed by atoms with Crippen molar-refractivity contribution in [1.29, 1.82) is 0 Å². The topological polar surface area (TPSA) is 15.8 Å². The molecule has 1 aliphatic rings. The Morgan fingerprint density at radius 3 is 1.83 bits per heavy atom. The Labute approximate surface area is 73.8 Å². The minimum absolute atomic E-state index is 1.26. The molecule has 0 radical (unpaired) electrons. The van der Waals surface area contributed by atoms with Gasteiger partial charge in [0.25, 0.3) is 0 Å². The average molecular weight is 161 g/mol. The predicted octanol–water partition coefficient (Wildman–Crippen LogP) is 3.30. The predicted molar refractivity (Wildman–Crippen MR) is 52.9 cm³/mol. The standard InChI is InChI=1S/C7H10.C4H5N/c1-2-4-6-7-5-3-1;1-2-4-5-3-1/h1-4H,5-7H2;1-5H. The molecule has 0 aliphatic heterocycles. The van der Waals surface area contributed by atoms with Gasteiger partial charge in [0.1, 0.15) is 0 Å². The summed E-state index contributed by atoms with van der Waals surface area (Å²) in [6.07, 6.45) is 16.2. The number of aromatic amines is 1. The molecule has 1 aromatic heterocycles. The highest BCUT2D eigenvalue weighted by Crippen LogP contribution is 2.01. The summed E-state index contributed by atoms with van der Waals surface area (Å²) >= 11 is 0. The van der Waals surface area contributed by atoms with E-state index in [0.717, 1.165) is 0 Å². The number of hydrogen-bond acceptors (Lipinski definition) is 0. The van der Waals surface area contributed by atoms with Crippen LogP contribution in [-0.2, 0) is 0 Å². The highest BCUT2D eigenvalue weighted by Gasteiger charge is 1.81. The molecule has 1 aromatic rings. The molecule has 0 saturated carbocycles. The molecule has 1 heterocycles. The van der Waals surface area contributed by atoms with Crippen LogP contribution in [0.25, 0.3) is 0 Å². The molecule has 0 spiro atoms. The summed E-state index contributed by atoms with van der Waals surface area (Å²) in [5.41, 5.74) is 0. The molecule has 1 aliphatic carbocycles. The lowest BCUT2D eigenvalue weighted by atomic mass is 10.2. The first-order valence-corrected chi connectivity index (χ1v) is 4.39. The van der Waals surface area contributed by atoms with Crippen LogP contribution in [0.3, 0.4) is 0 Å². The minimum atomic E-state index is 1.26. The maximum atomic E-state index is 2.86. The summed E-state index contributed by atoms with van der Waals surface area (Å²) in [5, 5.41) is 0. The molecule has 0 unspecified atom stereocenters. The average Bonchev–Trinajstić information content (AvgIpc) is 2.54. The molecule has 12 heavy (non-hydrogen) atoms. The van der Waals surface area contributed by atoms with Gasteiger partial charge in [-0.05, 0) is 31.4 Å². The Kier molecular flexibility index (Phi) is 4.77. The number of rotatable bonds is 0. The number of nitrogens with one attached hydrogen (secondary N) is 1. The minimum Gasteiger partial charge on any atom is -0.368 e. The van der Waals surface area contributed by atoms with E-state index in [0.29, 0.717) is 0 Å². The van der Waals surface area contributed by atoms with Gasteiger partial charge in [-0.2, -0.15) is 0 Å². The molecule has 0 fully saturated rings. The van der Waals surface area contributed by atoms with Gasteiger partial charge >= 0.3 is 0 Å². The monoisotopic (exact) mass is 161 g/mol. The molecule has 0 saturated heterocycles.